The second kappa shape index (κ2) is 31.2. The van der Waals surface area contributed by atoms with Gasteiger partial charge in [-0.2, -0.15) is 0 Å². The van der Waals surface area contributed by atoms with Gasteiger partial charge >= 0.3 is 0 Å². The Balaban J connectivity index is 0.906. The van der Waals surface area contributed by atoms with E-state index in [0.29, 0.717) is 12.8 Å². The van der Waals surface area contributed by atoms with Crippen molar-refractivity contribution in [2.45, 2.75) is 152 Å². The van der Waals surface area contributed by atoms with Gasteiger partial charge in [-0.15, -0.1) is 0 Å². The van der Waals surface area contributed by atoms with Crippen LogP contribution in [0.15, 0.2) is 109 Å². The number of likely N-dealkylation sites (tertiary alicyclic amines) is 2. The van der Waals surface area contributed by atoms with Crippen molar-refractivity contribution in [3.8, 4) is 11.1 Å². The van der Waals surface area contributed by atoms with E-state index in [1.165, 1.54) is 19.6 Å². The maximum Gasteiger partial charge on any atom is 0.251 e. The molecule has 20 heteroatoms. The van der Waals surface area contributed by atoms with Crippen LogP contribution in [0.1, 0.15) is 123 Å². The summed E-state index contributed by atoms with van der Waals surface area (Å²) in [4.78, 5) is 118. The van der Waals surface area contributed by atoms with Crippen LogP contribution >= 0.6 is 0 Å². The fraction of sp³-hybridized carbons (Fsp3) is 0.515. The lowest BCUT2D eigenvalue weighted by molar-refractivity contribution is -0.151. The quantitative estimate of drug-likeness (QED) is 0.0466. The summed E-state index contributed by atoms with van der Waals surface area (Å²) in [5.74, 6) is -3.49. The number of nitrogens with one attached hydrogen (secondary N) is 6. The van der Waals surface area contributed by atoms with Crippen LogP contribution in [0, 0.1) is 11.8 Å². The number of aliphatic hydroxyl groups is 2. The Morgan fingerprint density at radius 1 is 0.488 bits per heavy atom. The first kappa shape index (κ1) is 64.5. The molecule has 20 nitrogen and oxygen atoms in total. The number of benzene rings is 4. The second-order valence-electron chi connectivity index (χ2n) is 23.6. The van der Waals surface area contributed by atoms with Crippen LogP contribution in [0.2, 0.25) is 0 Å². The summed E-state index contributed by atoms with van der Waals surface area (Å²) in [6.45, 7) is 3.30. The highest BCUT2D eigenvalue weighted by molar-refractivity contribution is 5.98. The molecule has 0 aromatic heterocycles. The van der Waals surface area contributed by atoms with Crippen LogP contribution < -0.4 is 31.9 Å². The van der Waals surface area contributed by atoms with E-state index in [0.717, 1.165) is 86.5 Å². The van der Waals surface area contributed by atoms with Gasteiger partial charge in [-0.1, -0.05) is 123 Å². The molecule has 2 aliphatic heterocycles. The van der Waals surface area contributed by atoms with E-state index < -0.39 is 85.4 Å². The summed E-state index contributed by atoms with van der Waals surface area (Å²) >= 11 is 0. The Hall–Kier alpha value is -7.52. The maximum atomic E-state index is 14.7. The van der Waals surface area contributed by atoms with E-state index in [1.54, 1.807) is 76.5 Å². The normalized spacial score (nSPS) is 20.4. The van der Waals surface area contributed by atoms with Gasteiger partial charge in [-0.3, -0.25) is 38.4 Å². The molecule has 4 fully saturated rings. The molecule has 4 aliphatic rings. The van der Waals surface area contributed by atoms with Gasteiger partial charge in [0, 0.05) is 37.3 Å². The first-order chi connectivity index (χ1) is 41.6. The fourth-order valence-electron chi connectivity index (χ4n) is 12.6. The average molecular weight is 1180 g/mol. The Morgan fingerprint density at radius 3 is 1.17 bits per heavy atom. The lowest BCUT2D eigenvalue weighted by Crippen LogP contribution is -2.61. The van der Waals surface area contributed by atoms with Crippen LogP contribution in [0.25, 0.3) is 11.1 Å². The lowest BCUT2D eigenvalue weighted by atomic mass is 9.83. The van der Waals surface area contributed by atoms with Crippen LogP contribution in [0.3, 0.4) is 0 Å². The van der Waals surface area contributed by atoms with E-state index in [2.05, 4.69) is 31.9 Å². The zero-order chi connectivity index (χ0) is 61.3. The molecule has 8 amide bonds. The number of amides is 8. The molecule has 2 heterocycles. The van der Waals surface area contributed by atoms with Gasteiger partial charge in [0.25, 0.3) is 11.8 Å². The van der Waals surface area contributed by atoms with Gasteiger partial charge in [-0.25, -0.2) is 0 Å². The molecule has 4 aromatic carbocycles. The monoisotopic (exact) mass is 1180 g/mol. The van der Waals surface area contributed by atoms with Crippen LogP contribution in [0.5, 0.6) is 0 Å². The van der Waals surface area contributed by atoms with Crippen molar-refractivity contribution in [2.24, 2.45) is 11.8 Å². The maximum absolute atomic E-state index is 14.7. The molecule has 4 aromatic rings. The zero-order valence-corrected chi connectivity index (χ0v) is 50.3. The molecular weight excluding hydrogens is 1090 g/mol. The van der Waals surface area contributed by atoms with Gasteiger partial charge < -0.3 is 61.7 Å². The van der Waals surface area contributed by atoms with E-state index >= 15 is 0 Å². The second-order valence-corrected chi connectivity index (χ2v) is 23.6. The van der Waals surface area contributed by atoms with E-state index in [1.807, 2.05) is 60.7 Å². The van der Waals surface area contributed by atoms with Crippen molar-refractivity contribution < 1.29 is 48.6 Å². The van der Waals surface area contributed by atoms with Crippen LogP contribution in [-0.4, -0.2) is 179 Å². The van der Waals surface area contributed by atoms with Crippen molar-refractivity contribution in [1.29, 1.82) is 0 Å². The van der Waals surface area contributed by atoms with Gasteiger partial charge in [0.1, 0.15) is 24.4 Å². The van der Waals surface area contributed by atoms with Gasteiger partial charge in [0.2, 0.25) is 35.4 Å². The molecular formula is C66H88N10O10. The molecule has 8 atom stereocenters. The molecule has 8 rings (SSSR count). The summed E-state index contributed by atoms with van der Waals surface area (Å²) in [5, 5.41) is 40.5. The number of aliphatic hydroxyl groups excluding tert-OH is 2. The third-order valence-corrected chi connectivity index (χ3v) is 17.9. The van der Waals surface area contributed by atoms with E-state index in [-0.39, 0.29) is 85.6 Å². The SMILES string of the molecule is CN[C@@H](C)C(=O)N[C@H](C(=O)N1CC[C@H](O)C1N(CCc1ccccc1)C(=O)CNC(=O)c1ccc(-c2ccc(C(=O)NCC(=O)N(CCc3ccccc3)C3[C@@H](O)CCN3C(=O)[C@@H](NC(=O)[C@H](C)NC)C3CCCCC3)cc2)cc1)C1CCCCC1. The Morgan fingerprint density at radius 2 is 0.837 bits per heavy atom. The first-order valence-electron chi connectivity index (χ1n) is 30.9. The smallest absolute Gasteiger partial charge is 0.251 e. The highest BCUT2D eigenvalue weighted by atomic mass is 16.3. The van der Waals surface area contributed by atoms with Crippen molar-refractivity contribution >= 4 is 47.3 Å². The summed E-state index contributed by atoms with van der Waals surface area (Å²) < 4.78 is 0. The highest BCUT2D eigenvalue weighted by Crippen LogP contribution is 2.33. The summed E-state index contributed by atoms with van der Waals surface area (Å²) in [7, 11) is 3.36. The van der Waals surface area contributed by atoms with Gasteiger partial charge in [0.05, 0.1) is 37.4 Å². The summed E-state index contributed by atoms with van der Waals surface area (Å²) in [6, 6.07) is 29.9. The third kappa shape index (κ3) is 16.5. The molecule has 2 saturated carbocycles. The van der Waals surface area contributed by atoms with Crippen molar-refractivity contribution in [1.82, 2.24) is 51.5 Å². The Kier molecular flexibility index (Phi) is 23.4. The zero-order valence-electron chi connectivity index (χ0n) is 50.3. The predicted molar refractivity (Wildman–Crippen MR) is 327 cm³/mol. The number of hydrogen-bond donors (Lipinski definition) is 8. The molecule has 462 valence electrons. The largest absolute Gasteiger partial charge is 0.389 e. The number of nitrogens with zero attached hydrogens (tertiary/aromatic N) is 4. The number of hydrogen-bond acceptors (Lipinski definition) is 12. The standard InChI is InChI=1S/C66H88N10O10/c1-43(67-3)59(81)71-57(49-21-13-7-14-22-49)65(85)75-39-35-53(77)63(75)73(37-33-45-17-9-5-10-18-45)55(79)41-69-61(83)51-29-25-47(26-30-51)48-27-31-52(32-28-48)62(84)70-42-56(80)74(38-34-46-19-11-6-12-20-46)64-54(78)36-40-76(64)66(86)58(50-23-15-8-16-24-50)72-60(82)44(2)68-4/h5-6,9-12,17-20,25-32,43-44,49-50,53-54,57-58,63-64,67-68,77-78H,7-8,13-16,21-24,33-42H2,1-4H3,(H,69,83)(H,70,84)(H,71,81)(H,72,82)/t43-,44-,53-,54-,57-,58-,63?,64?/m0/s1. The Bertz CT molecular complexity index is 2730. The van der Waals surface area contributed by atoms with E-state index in [9.17, 15) is 48.6 Å². The first-order valence-corrected chi connectivity index (χ1v) is 30.9. The molecule has 2 saturated heterocycles. The number of carbonyl (C=O) groups excluding carboxylic acids is 8. The minimum absolute atomic E-state index is 0.0974. The van der Waals surface area contributed by atoms with Crippen molar-refractivity contribution in [2.75, 3.05) is 53.4 Å². The minimum Gasteiger partial charge on any atom is -0.389 e. The number of rotatable bonds is 25. The third-order valence-electron chi connectivity index (χ3n) is 17.9. The highest BCUT2D eigenvalue weighted by Gasteiger charge is 2.47. The number of likely N-dealkylation sites (N-methyl/N-ethyl adjacent to an activating group) is 2. The summed E-state index contributed by atoms with van der Waals surface area (Å²) in [6.07, 6.45) is 6.04. The average Bonchev–Trinajstić information content (AvgIpc) is 2.05. The number of carbonyl (C=O) groups is 8. The van der Waals surface area contributed by atoms with Gasteiger partial charge in [0.15, 0.2) is 0 Å². The van der Waals surface area contributed by atoms with Gasteiger partial charge in [-0.05, 0) is 138 Å². The molecule has 0 radical (unpaired) electrons. The fourth-order valence-corrected chi connectivity index (χ4v) is 12.6. The topological polar surface area (TPSA) is 262 Å². The lowest BCUT2D eigenvalue weighted by Gasteiger charge is -2.40. The molecule has 2 aliphatic carbocycles. The van der Waals surface area contributed by atoms with Crippen LogP contribution in [0.4, 0.5) is 0 Å². The van der Waals surface area contributed by atoms with Crippen molar-refractivity contribution in [3.63, 3.8) is 0 Å². The van der Waals surface area contributed by atoms with E-state index in [4.69, 9.17) is 0 Å². The molecule has 8 N–H and O–H groups in total. The summed E-state index contributed by atoms with van der Waals surface area (Å²) in [5.41, 5.74) is 3.93. The molecule has 86 heavy (non-hydrogen) atoms. The Labute approximate surface area is 505 Å². The molecule has 0 bridgehead atoms. The van der Waals surface area contributed by atoms with Crippen LogP contribution in [-0.2, 0) is 41.6 Å². The molecule has 2 unspecified atom stereocenters. The van der Waals surface area contributed by atoms with Crippen molar-refractivity contribution in [3.05, 3.63) is 131 Å². The minimum atomic E-state index is -1.07. The predicted octanol–water partition coefficient (Wildman–Crippen LogP) is 4.14. The molecule has 0 spiro atoms.